The SMILES string of the molecule is O=S(=O)(c1ccc(Cl)cc1)N1CCCC1c1ccc(F)c(Cl)c1. The number of hydrogen-bond acceptors (Lipinski definition) is 2. The molecule has 1 saturated heterocycles. The Balaban J connectivity index is 1.97. The molecule has 0 bridgehead atoms. The number of benzene rings is 2. The first-order valence-electron chi connectivity index (χ1n) is 7.12. The molecule has 0 aromatic heterocycles. The molecule has 1 fully saturated rings. The van der Waals surface area contributed by atoms with E-state index in [9.17, 15) is 12.8 Å². The normalized spacial score (nSPS) is 19.2. The van der Waals surface area contributed by atoms with Crippen molar-refractivity contribution >= 4 is 33.2 Å². The molecule has 0 aliphatic carbocycles. The summed E-state index contributed by atoms with van der Waals surface area (Å²) in [4.78, 5) is 0.196. The zero-order valence-corrected chi connectivity index (χ0v) is 14.4. The summed E-state index contributed by atoms with van der Waals surface area (Å²) in [7, 11) is -3.64. The molecule has 1 aliphatic rings. The van der Waals surface area contributed by atoms with Crippen LogP contribution < -0.4 is 0 Å². The first-order chi connectivity index (χ1) is 10.9. The highest BCUT2D eigenvalue weighted by molar-refractivity contribution is 7.89. The van der Waals surface area contributed by atoms with E-state index >= 15 is 0 Å². The molecule has 7 heteroatoms. The van der Waals surface area contributed by atoms with Crippen LogP contribution in [0.2, 0.25) is 10.0 Å². The Labute approximate surface area is 144 Å². The second-order valence-corrected chi connectivity index (χ2v) is 8.14. The van der Waals surface area contributed by atoms with Crippen LogP contribution in [0.15, 0.2) is 47.4 Å². The van der Waals surface area contributed by atoms with Gasteiger partial charge in [-0.25, -0.2) is 12.8 Å². The number of sulfonamides is 1. The van der Waals surface area contributed by atoms with Crippen molar-refractivity contribution in [2.45, 2.75) is 23.8 Å². The van der Waals surface area contributed by atoms with Crippen LogP contribution in [-0.4, -0.2) is 19.3 Å². The lowest BCUT2D eigenvalue weighted by atomic mass is 10.1. The third kappa shape index (κ3) is 3.24. The molecule has 1 unspecified atom stereocenters. The Morgan fingerprint density at radius 2 is 1.78 bits per heavy atom. The summed E-state index contributed by atoms with van der Waals surface area (Å²) in [5, 5.41) is 0.477. The fourth-order valence-corrected chi connectivity index (χ4v) is 4.82. The molecule has 3 nitrogen and oxygen atoms in total. The molecular formula is C16H14Cl2FNO2S. The van der Waals surface area contributed by atoms with Gasteiger partial charge in [0.15, 0.2) is 0 Å². The first kappa shape index (κ1) is 16.7. The van der Waals surface area contributed by atoms with Gasteiger partial charge in [0.05, 0.1) is 16.0 Å². The summed E-state index contributed by atoms with van der Waals surface area (Å²) in [6.45, 7) is 0.421. The molecule has 2 aromatic rings. The maximum absolute atomic E-state index is 13.3. The zero-order chi connectivity index (χ0) is 16.6. The molecule has 1 heterocycles. The Morgan fingerprint density at radius 1 is 1.09 bits per heavy atom. The van der Waals surface area contributed by atoms with E-state index in [1.165, 1.54) is 28.6 Å². The fraction of sp³-hybridized carbons (Fsp3) is 0.250. The van der Waals surface area contributed by atoms with Crippen molar-refractivity contribution in [1.29, 1.82) is 0 Å². The second kappa shape index (κ2) is 6.40. The van der Waals surface area contributed by atoms with E-state index in [1.54, 1.807) is 18.2 Å². The third-order valence-electron chi connectivity index (χ3n) is 3.95. The lowest BCUT2D eigenvalue weighted by Gasteiger charge is -2.24. The van der Waals surface area contributed by atoms with Crippen molar-refractivity contribution in [2.75, 3.05) is 6.54 Å². The number of hydrogen-bond donors (Lipinski definition) is 0. The molecule has 1 aliphatic heterocycles. The minimum absolute atomic E-state index is 0.00163. The molecule has 122 valence electrons. The Morgan fingerprint density at radius 3 is 2.43 bits per heavy atom. The van der Waals surface area contributed by atoms with Crippen LogP contribution in [0.3, 0.4) is 0 Å². The van der Waals surface area contributed by atoms with Crippen LogP contribution >= 0.6 is 23.2 Å². The van der Waals surface area contributed by atoms with Crippen LogP contribution in [0.1, 0.15) is 24.4 Å². The maximum Gasteiger partial charge on any atom is 0.243 e. The molecule has 0 radical (unpaired) electrons. The lowest BCUT2D eigenvalue weighted by Crippen LogP contribution is -2.30. The Bertz CT molecular complexity index is 824. The van der Waals surface area contributed by atoms with E-state index in [2.05, 4.69) is 0 Å². The average molecular weight is 374 g/mol. The molecule has 23 heavy (non-hydrogen) atoms. The highest BCUT2D eigenvalue weighted by Gasteiger charge is 2.36. The minimum atomic E-state index is -3.64. The minimum Gasteiger partial charge on any atom is -0.207 e. The van der Waals surface area contributed by atoms with Crippen LogP contribution in [0, 0.1) is 5.82 Å². The fourth-order valence-electron chi connectivity index (χ4n) is 2.82. The van der Waals surface area contributed by atoms with E-state index in [1.807, 2.05) is 0 Å². The van der Waals surface area contributed by atoms with Gasteiger partial charge in [-0.2, -0.15) is 4.31 Å². The molecule has 0 spiro atoms. The van der Waals surface area contributed by atoms with Gasteiger partial charge in [-0.3, -0.25) is 0 Å². The van der Waals surface area contributed by atoms with Crippen LogP contribution in [-0.2, 0) is 10.0 Å². The molecule has 1 atom stereocenters. The van der Waals surface area contributed by atoms with Crippen LogP contribution in [0.4, 0.5) is 4.39 Å². The van der Waals surface area contributed by atoms with Gasteiger partial charge < -0.3 is 0 Å². The van der Waals surface area contributed by atoms with Crippen molar-refractivity contribution in [3.63, 3.8) is 0 Å². The van der Waals surface area contributed by atoms with Crippen molar-refractivity contribution in [1.82, 2.24) is 4.31 Å². The topological polar surface area (TPSA) is 37.4 Å². The van der Waals surface area contributed by atoms with Gasteiger partial charge in [-0.05, 0) is 54.8 Å². The summed E-state index contributed by atoms with van der Waals surface area (Å²) in [6.07, 6.45) is 1.42. The average Bonchev–Trinajstić information content (AvgIpc) is 3.01. The molecule has 0 saturated carbocycles. The second-order valence-electron chi connectivity index (χ2n) is 5.40. The summed E-state index contributed by atoms with van der Waals surface area (Å²) in [6, 6.07) is 10.1. The van der Waals surface area contributed by atoms with Gasteiger partial charge >= 0.3 is 0 Å². The highest BCUT2D eigenvalue weighted by atomic mass is 35.5. The third-order valence-corrected chi connectivity index (χ3v) is 6.42. The predicted molar refractivity (Wildman–Crippen MR) is 88.7 cm³/mol. The molecule has 2 aromatic carbocycles. The van der Waals surface area contributed by atoms with E-state index < -0.39 is 15.8 Å². The number of rotatable bonds is 3. The first-order valence-corrected chi connectivity index (χ1v) is 9.31. The summed E-state index contributed by atoms with van der Waals surface area (Å²) >= 11 is 11.7. The highest BCUT2D eigenvalue weighted by Crippen LogP contribution is 2.37. The quantitative estimate of drug-likeness (QED) is 0.784. The lowest BCUT2D eigenvalue weighted by molar-refractivity contribution is 0.396. The largest absolute Gasteiger partial charge is 0.243 e. The van der Waals surface area contributed by atoms with Gasteiger partial charge in [0.2, 0.25) is 10.0 Å². The van der Waals surface area contributed by atoms with E-state index in [0.29, 0.717) is 23.6 Å². The van der Waals surface area contributed by atoms with E-state index in [-0.39, 0.29) is 16.0 Å². The standard InChI is InChI=1S/C16H14Cl2FNO2S/c17-12-4-6-13(7-5-12)23(21,22)20-9-1-2-16(20)11-3-8-15(19)14(18)10-11/h3-8,10,16H,1-2,9H2. The molecule has 3 rings (SSSR count). The smallest absolute Gasteiger partial charge is 0.207 e. The molecular weight excluding hydrogens is 360 g/mol. The van der Waals surface area contributed by atoms with Crippen molar-refractivity contribution in [3.8, 4) is 0 Å². The maximum atomic E-state index is 13.3. The summed E-state index contributed by atoms with van der Waals surface area (Å²) in [5.74, 6) is -0.513. The van der Waals surface area contributed by atoms with Gasteiger partial charge in [0, 0.05) is 11.6 Å². The Hall–Kier alpha value is -1.14. The number of nitrogens with zero attached hydrogens (tertiary/aromatic N) is 1. The van der Waals surface area contributed by atoms with E-state index in [4.69, 9.17) is 23.2 Å². The van der Waals surface area contributed by atoms with Gasteiger partial charge in [0.25, 0.3) is 0 Å². The van der Waals surface area contributed by atoms with E-state index in [0.717, 1.165) is 6.42 Å². The summed E-state index contributed by atoms with van der Waals surface area (Å²) in [5.41, 5.74) is 0.700. The predicted octanol–water partition coefficient (Wildman–Crippen LogP) is 4.66. The van der Waals surface area contributed by atoms with Gasteiger partial charge in [-0.1, -0.05) is 29.3 Å². The van der Waals surface area contributed by atoms with Crippen molar-refractivity contribution in [2.24, 2.45) is 0 Å². The van der Waals surface area contributed by atoms with Gasteiger partial charge in [-0.15, -0.1) is 0 Å². The van der Waals surface area contributed by atoms with Crippen molar-refractivity contribution < 1.29 is 12.8 Å². The molecule has 0 amide bonds. The van der Waals surface area contributed by atoms with Crippen LogP contribution in [0.25, 0.3) is 0 Å². The zero-order valence-electron chi connectivity index (χ0n) is 12.0. The number of halogens is 3. The van der Waals surface area contributed by atoms with Crippen LogP contribution in [0.5, 0.6) is 0 Å². The Kier molecular flexibility index (Phi) is 4.65. The van der Waals surface area contributed by atoms with Gasteiger partial charge in [0.1, 0.15) is 5.82 Å². The molecule has 0 N–H and O–H groups in total. The van der Waals surface area contributed by atoms with Crippen molar-refractivity contribution in [3.05, 3.63) is 63.9 Å². The monoisotopic (exact) mass is 373 g/mol. The summed E-state index contributed by atoms with van der Waals surface area (Å²) < 4.78 is 40.5.